The van der Waals surface area contributed by atoms with Crippen LogP contribution in [0.3, 0.4) is 0 Å². The van der Waals surface area contributed by atoms with Crippen molar-refractivity contribution < 1.29 is 9.53 Å². The number of halogens is 1. The number of hydrogen-bond acceptors (Lipinski definition) is 3. The number of carbonyl (C=O) groups excluding carboxylic acids is 1. The van der Waals surface area contributed by atoms with E-state index in [4.69, 9.17) is 10.5 Å². The summed E-state index contributed by atoms with van der Waals surface area (Å²) in [6.07, 6.45) is 0. The summed E-state index contributed by atoms with van der Waals surface area (Å²) >= 11 is 3.32. The Morgan fingerprint density at radius 1 is 1.21 bits per heavy atom. The predicted molar refractivity (Wildman–Crippen MR) is 79.5 cm³/mol. The van der Waals surface area contributed by atoms with E-state index in [0.29, 0.717) is 27.2 Å². The number of rotatable bonds is 3. The van der Waals surface area contributed by atoms with Crippen molar-refractivity contribution in [1.82, 2.24) is 0 Å². The fourth-order valence-electron chi connectivity index (χ4n) is 1.71. The van der Waals surface area contributed by atoms with E-state index in [0.717, 1.165) is 0 Å². The molecule has 3 N–H and O–H groups in total. The summed E-state index contributed by atoms with van der Waals surface area (Å²) in [4.78, 5) is 12.2. The zero-order chi connectivity index (χ0) is 13.8. The van der Waals surface area contributed by atoms with E-state index in [1.165, 1.54) is 0 Å². The molecular weight excluding hydrogens is 308 g/mol. The lowest BCUT2D eigenvalue weighted by molar-refractivity contribution is 0.102. The van der Waals surface area contributed by atoms with Crippen molar-refractivity contribution in [2.24, 2.45) is 0 Å². The van der Waals surface area contributed by atoms with Crippen LogP contribution in [0.25, 0.3) is 0 Å². The topological polar surface area (TPSA) is 64.3 Å². The molecule has 0 saturated heterocycles. The molecule has 2 aromatic rings. The van der Waals surface area contributed by atoms with Crippen LogP contribution in [-0.2, 0) is 0 Å². The predicted octanol–water partition coefficient (Wildman–Crippen LogP) is 3.29. The third kappa shape index (κ3) is 2.88. The number of methoxy groups -OCH3 is 1. The molecule has 0 saturated carbocycles. The number of anilines is 2. The van der Waals surface area contributed by atoms with Crippen molar-refractivity contribution in [2.45, 2.75) is 0 Å². The maximum Gasteiger partial charge on any atom is 0.259 e. The molecule has 0 heterocycles. The molecule has 4 nitrogen and oxygen atoms in total. The third-order valence-electron chi connectivity index (χ3n) is 2.63. The highest BCUT2D eigenvalue weighted by atomic mass is 79.9. The number of benzene rings is 2. The van der Waals surface area contributed by atoms with Crippen LogP contribution in [0.2, 0.25) is 0 Å². The molecule has 0 aliphatic carbocycles. The summed E-state index contributed by atoms with van der Waals surface area (Å²) in [5.41, 5.74) is 7.26. The van der Waals surface area contributed by atoms with Gasteiger partial charge in [-0.05, 0) is 40.2 Å². The molecule has 2 rings (SSSR count). The number of nitrogen functional groups attached to an aromatic ring is 1. The van der Waals surface area contributed by atoms with Crippen molar-refractivity contribution in [3.63, 3.8) is 0 Å². The highest BCUT2D eigenvalue weighted by Gasteiger charge is 2.15. The standard InChI is InChI=1S/C14H13BrN2O2/c1-19-12-8-3-2-7-11(12)17-14(18)13-9(15)5-4-6-10(13)16/h2-8H,16H2,1H3,(H,17,18). The van der Waals surface area contributed by atoms with Gasteiger partial charge in [0.05, 0.1) is 18.4 Å². The van der Waals surface area contributed by atoms with Gasteiger partial charge in [-0.3, -0.25) is 4.79 Å². The fraction of sp³-hybridized carbons (Fsp3) is 0.0714. The molecule has 0 radical (unpaired) electrons. The molecule has 98 valence electrons. The van der Waals surface area contributed by atoms with Crippen LogP contribution in [0.5, 0.6) is 5.75 Å². The van der Waals surface area contributed by atoms with Crippen LogP contribution in [0, 0.1) is 0 Å². The molecular formula is C14H13BrN2O2. The highest BCUT2D eigenvalue weighted by Crippen LogP contribution is 2.27. The van der Waals surface area contributed by atoms with E-state index in [2.05, 4.69) is 21.2 Å². The summed E-state index contributed by atoms with van der Waals surface area (Å²) < 4.78 is 5.84. The smallest absolute Gasteiger partial charge is 0.259 e. The van der Waals surface area contributed by atoms with Crippen LogP contribution >= 0.6 is 15.9 Å². The van der Waals surface area contributed by atoms with E-state index >= 15 is 0 Å². The minimum Gasteiger partial charge on any atom is -0.495 e. The Morgan fingerprint density at radius 2 is 1.95 bits per heavy atom. The quantitative estimate of drug-likeness (QED) is 0.853. The SMILES string of the molecule is COc1ccccc1NC(=O)c1c(N)cccc1Br. The molecule has 0 aliphatic heterocycles. The molecule has 0 atom stereocenters. The molecule has 0 bridgehead atoms. The molecule has 1 amide bonds. The van der Waals surface area contributed by atoms with Gasteiger partial charge in [0.1, 0.15) is 5.75 Å². The number of hydrogen-bond donors (Lipinski definition) is 2. The lowest BCUT2D eigenvalue weighted by Gasteiger charge is -2.12. The average Bonchev–Trinajstić information content (AvgIpc) is 2.39. The molecule has 5 heteroatoms. The van der Waals surface area contributed by atoms with Crippen molar-refractivity contribution in [3.05, 3.63) is 52.5 Å². The van der Waals surface area contributed by atoms with Crippen LogP contribution in [0.15, 0.2) is 46.9 Å². The van der Waals surface area contributed by atoms with Gasteiger partial charge in [-0.25, -0.2) is 0 Å². The summed E-state index contributed by atoms with van der Waals surface area (Å²) in [7, 11) is 1.55. The second kappa shape index (κ2) is 5.75. The first-order valence-electron chi connectivity index (χ1n) is 5.62. The summed E-state index contributed by atoms with van der Waals surface area (Å²) in [6.45, 7) is 0. The van der Waals surface area contributed by atoms with E-state index in [1.807, 2.05) is 12.1 Å². The monoisotopic (exact) mass is 320 g/mol. The van der Waals surface area contributed by atoms with Gasteiger partial charge >= 0.3 is 0 Å². The number of nitrogens with one attached hydrogen (secondary N) is 1. The van der Waals surface area contributed by atoms with Crippen molar-refractivity contribution in [1.29, 1.82) is 0 Å². The zero-order valence-electron chi connectivity index (χ0n) is 10.3. The number of carbonyl (C=O) groups is 1. The Balaban J connectivity index is 2.31. The van der Waals surface area contributed by atoms with Gasteiger partial charge in [-0.15, -0.1) is 0 Å². The van der Waals surface area contributed by atoms with Gasteiger partial charge < -0.3 is 15.8 Å². The minimum atomic E-state index is -0.283. The lowest BCUT2D eigenvalue weighted by atomic mass is 10.1. The van der Waals surface area contributed by atoms with Crippen molar-refractivity contribution in [2.75, 3.05) is 18.2 Å². The van der Waals surface area contributed by atoms with Crippen LogP contribution in [-0.4, -0.2) is 13.0 Å². The van der Waals surface area contributed by atoms with E-state index in [-0.39, 0.29) is 5.91 Å². The first kappa shape index (κ1) is 13.4. The molecule has 0 aliphatic rings. The Morgan fingerprint density at radius 3 is 2.63 bits per heavy atom. The Hall–Kier alpha value is -2.01. The Bertz CT molecular complexity index is 594. The maximum atomic E-state index is 12.2. The highest BCUT2D eigenvalue weighted by molar-refractivity contribution is 9.10. The van der Waals surface area contributed by atoms with Gasteiger partial charge in [-0.1, -0.05) is 18.2 Å². The second-order valence-electron chi connectivity index (χ2n) is 3.86. The lowest BCUT2D eigenvalue weighted by Crippen LogP contribution is -2.15. The van der Waals surface area contributed by atoms with Gasteiger partial charge in [0.15, 0.2) is 0 Å². The van der Waals surface area contributed by atoms with Crippen LogP contribution in [0.1, 0.15) is 10.4 Å². The van der Waals surface area contributed by atoms with Gasteiger partial charge in [0.2, 0.25) is 0 Å². The van der Waals surface area contributed by atoms with Gasteiger partial charge in [-0.2, -0.15) is 0 Å². The van der Waals surface area contributed by atoms with E-state index < -0.39 is 0 Å². The average molecular weight is 321 g/mol. The van der Waals surface area contributed by atoms with Gasteiger partial charge in [0.25, 0.3) is 5.91 Å². The van der Waals surface area contributed by atoms with Crippen LogP contribution < -0.4 is 15.8 Å². The fourth-order valence-corrected chi connectivity index (χ4v) is 2.27. The minimum absolute atomic E-state index is 0.283. The Labute approximate surface area is 119 Å². The van der Waals surface area contributed by atoms with E-state index in [1.54, 1.807) is 37.4 Å². The first-order valence-corrected chi connectivity index (χ1v) is 6.41. The molecule has 0 spiro atoms. The summed E-state index contributed by atoms with van der Waals surface area (Å²) in [6, 6.07) is 12.4. The maximum absolute atomic E-state index is 12.2. The number of amides is 1. The number of ether oxygens (including phenoxy) is 1. The van der Waals surface area contributed by atoms with Crippen molar-refractivity contribution in [3.8, 4) is 5.75 Å². The van der Waals surface area contributed by atoms with Gasteiger partial charge in [0, 0.05) is 10.2 Å². The molecule has 2 aromatic carbocycles. The normalized spacial score (nSPS) is 10.0. The Kier molecular flexibility index (Phi) is 4.06. The van der Waals surface area contributed by atoms with Crippen LogP contribution in [0.4, 0.5) is 11.4 Å². The summed E-state index contributed by atoms with van der Waals surface area (Å²) in [5.74, 6) is 0.316. The second-order valence-corrected chi connectivity index (χ2v) is 4.71. The summed E-state index contributed by atoms with van der Waals surface area (Å²) in [5, 5.41) is 2.79. The molecule has 0 fully saturated rings. The third-order valence-corrected chi connectivity index (χ3v) is 3.29. The largest absolute Gasteiger partial charge is 0.495 e. The zero-order valence-corrected chi connectivity index (χ0v) is 11.9. The molecule has 0 unspecified atom stereocenters. The van der Waals surface area contributed by atoms with Crippen molar-refractivity contribution >= 4 is 33.2 Å². The molecule has 19 heavy (non-hydrogen) atoms. The van der Waals surface area contributed by atoms with E-state index in [9.17, 15) is 4.79 Å². The first-order chi connectivity index (χ1) is 9.13. The number of nitrogens with two attached hydrogens (primary N) is 1. The number of para-hydroxylation sites is 2. The molecule has 0 aromatic heterocycles.